The standard InChI is InChI=1S/C8H10O4Se/c1-5(2)7(9)11-13-12-8(10)6(3)4/h1,3H2,2,4H3. The Hall–Kier alpha value is -1.06. The summed E-state index contributed by atoms with van der Waals surface area (Å²) >= 11 is -0.938. The van der Waals surface area contributed by atoms with Crippen LogP contribution in [0.25, 0.3) is 0 Å². The van der Waals surface area contributed by atoms with Crippen molar-refractivity contribution in [2.24, 2.45) is 0 Å². The van der Waals surface area contributed by atoms with Crippen molar-refractivity contribution in [1.29, 1.82) is 0 Å². The van der Waals surface area contributed by atoms with E-state index < -0.39 is 27.6 Å². The molecule has 0 radical (unpaired) electrons. The van der Waals surface area contributed by atoms with Gasteiger partial charge in [-0.1, -0.05) is 0 Å². The van der Waals surface area contributed by atoms with Crippen LogP contribution in [0.4, 0.5) is 0 Å². The Kier molecular flexibility index (Phi) is 5.11. The second-order valence-electron chi connectivity index (χ2n) is 2.37. The third-order valence-corrected chi connectivity index (χ3v) is 1.84. The van der Waals surface area contributed by atoms with E-state index in [-0.39, 0.29) is 11.1 Å². The summed E-state index contributed by atoms with van der Waals surface area (Å²) in [4.78, 5) is 21.5. The van der Waals surface area contributed by atoms with Crippen LogP contribution in [-0.4, -0.2) is 27.6 Å². The molecule has 0 aromatic rings. The van der Waals surface area contributed by atoms with Gasteiger partial charge in [-0.25, -0.2) is 0 Å². The van der Waals surface area contributed by atoms with Gasteiger partial charge >= 0.3 is 82.9 Å². The van der Waals surface area contributed by atoms with Gasteiger partial charge in [0.2, 0.25) is 0 Å². The first-order valence-electron chi connectivity index (χ1n) is 3.36. The fourth-order valence-electron chi connectivity index (χ4n) is 0.221. The molecule has 0 aromatic heterocycles. The predicted molar refractivity (Wildman–Crippen MR) is 47.6 cm³/mol. The molecular weight excluding hydrogens is 239 g/mol. The van der Waals surface area contributed by atoms with Crippen LogP contribution in [0.3, 0.4) is 0 Å². The molecule has 5 heteroatoms. The van der Waals surface area contributed by atoms with Crippen LogP contribution in [0.5, 0.6) is 0 Å². The molecule has 0 saturated carbocycles. The van der Waals surface area contributed by atoms with Crippen molar-refractivity contribution >= 4 is 27.6 Å². The second kappa shape index (κ2) is 5.56. The summed E-state index contributed by atoms with van der Waals surface area (Å²) in [6.07, 6.45) is 0. The zero-order valence-electron chi connectivity index (χ0n) is 7.46. The second-order valence-corrected chi connectivity index (χ2v) is 3.36. The van der Waals surface area contributed by atoms with Crippen LogP contribution in [-0.2, 0) is 17.2 Å². The Morgan fingerprint density at radius 3 is 1.54 bits per heavy atom. The maximum atomic E-state index is 10.8. The third kappa shape index (κ3) is 5.22. The summed E-state index contributed by atoms with van der Waals surface area (Å²) in [5.74, 6) is -1.12. The minimum absolute atomic E-state index is 0.272. The molecule has 0 spiro atoms. The number of carbonyl (C=O) groups is 2. The van der Waals surface area contributed by atoms with Crippen LogP contribution in [0.2, 0.25) is 0 Å². The van der Waals surface area contributed by atoms with E-state index in [2.05, 4.69) is 20.8 Å². The molecule has 0 saturated heterocycles. The van der Waals surface area contributed by atoms with E-state index in [0.717, 1.165) is 0 Å². The number of hydrogen-bond donors (Lipinski definition) is 0. The molecule has 0 unspecified atom stereocenters. The zero-order valence-corrected chi connectivity index (χ0v) is 9.17. The molecule has 0 fully saturated rings. The summed E-state index contributed by atoms with van der Waals surface area (Å²) < 4.78 is 9.13. The SMILES string of the molecule is C=C(C)C(=O)O[Se]OC(=O)C(=C)C. The van der Waals surface area contributed by atoms with Gasteiger partial charge in [0.05, 0.1) is 0 Å². The average Bonchev–Trinajstić information content (AvgIpc) is 2.03. The quantitative estimate of drug-likeness (QED) is 0.545. The van der Waals surface area contributed by atoms with Crippen molar-refractivity contribution in [3.63, 3.8) is 0 Å². The van der Waals surface area contributed by atoms with Gasteiger partial charge in [0.15, 0.2) is 0 Å². The molecule has 0 aliphatic rings. The van der Waals surface area contributed by atoms with E-state index in [1.54, 1.807) is 0 Å². The van der Waals surface area contributed by atoms with Gasteiger partial charge in [-0.15, -0.1) is 0 Å². The molecule has 13 heavy (non-hydrogen) atoms. The van der Waals surface area contributed by atoms with Crippen molar-refractivity contribution in [3.8, 4) is 0 Å². The summed E-state index contributed by atoms with van der Waals surface area (Å²) in [6.45, 7) is 9.76. The van der Waals surface area contributed by atoms with Crippen molar-refractivity contribution in [2.45, 2.75) is 13.8 Å². The van der Waals surface area contributed by atoms with Crippen LogP contribution in [0.1, 0.15) is 13.8 Å². The van der Waals surface area contributed by atoms with Gasteiger partial charge in [0.25, 0.3) is 0 Å². The van der Waals surface area contributed by atoms with Crippen molar-refractivity contribution in [2.75, 3.05) is 0 Å². The molecule has 4 nitrogen and oxygen atoms in total. The van der Waals surface area contributed by atoms with Crippen LogP contribution >= 0.6 is 0 Å². The molecule has 0 amide bonds. The summed E-state index contributed by atoms with van der Waals surface area (Å²) in [6, 6.07) is 0. The molecular formula is C8H10O4Se. The van der Waals surface area contributed by atoms with Crippen LogP contribution in [0, 0.1) is 0 Å². The molecule has 0 rings (SSSR count). The van der Waals surface area contributed by atoms with Gasteiger partial charge in [0, 0.05) is 0 Å². The van der Waals surface area contributed by atoms with E-state index in [0.29, 0.717) is 0 Å². The third-order valence-electron chi connectivity index (χ3n) is 0.916. The fourth-order valence-corrected chi connectivity index (χ4v) is 1.15. The normalized spacial score (nSPS) is 8.77. The molecule has 72 valence electrons. The van der Waals surface area contributed by atoms with Gasteiger partial charge in [-0.05, 0) is 0 Å². The Labute approximate surface area is 83.4 Å². The maximum absolute atomic E-state index is 10.8. The Balaban J connectivity index is 3.69. The Morgan fingerprint density at radius 2 is 1.31 bits per heavy atom. The van der Waals surface area contributed by atoms with Gasteiger partial charge in [-0.3, -0.25) is 0 Å². The van der Waals surface area contributed by atoms with Gasteiger partial charge < -0.3 is 0 Å². The molecule has 0 atom stereocenters. The van der Waals surface area contributed by atoms with Crippen molar-refractivity contribution < 1.29 is 17.2 Å². The van der Waals surface area contributed by atoms with E-state index in [4.69, 9.17) is 0 Å². The van der Waals surface area contributed by atoms with Crippen molar-refractivity contribution in [1.82, 2.24) is 0 Å². The van der Waals surface area contributed by atoms with Crippen molar-refractivity contribution in [3.05, 3.63) is 24.3 Å². The molecule has 0 N–H and O–H groups in total. The number of hydrogen-bond acceptors (Lipinski definition) is 4. The van der Waals surface area contributed by atoms with Gasteiger partial charge in [0.1, 0.15) is 0 Å². The first-order chi connectivity index (χ1) is 5.95. The predicted octanol–water partition coefficient (Wildman–Crippen LogP) is 0.759. The average molecular weight is 249 g/mol. The van der Waals surface area contributed by atoms with Gasteiger partial charge in [-0.2, -0.15) is 0 Å². The monoisotopic (exact) mass is 250 g/mol. The zero-order chi connectivity index (χ0) is 10.4. The van der Waals surface area contributed by atoms with E-state index in [1.165, 1.54) is 13.8 Å². The Morgan fingerprint density at radius 1 is 1.00 bits per heavy atom. The van der Waals surface area contributed by atoms with Crippen LogP contribution in [0.15, 0.2) is 24.3 Å². The Bertz CT molecular complexity index is 231. The number of rotatable bonds is 4. The fraction of sp³-hybridized carbons (Fsp3) is 0.250. The summed E-state index contributed by atoms with van der Waals surface area (Å²) in [5, 5.41) is 0. The molecule has 0 aliphatic carbocycles. The molecule has 0 aliphatic heterocycles. The molecule has 0 bridgehead atoms. The number of carbonyl (C=O) groups excluding carboxylic acids is 2. The summed E-state index contributed by atoms with van der Waals surface area (Å²) in [5.41, 5.74) is 0.543. The molecule has 0 heterocycles. The first kappa shape index (κ1) is 11.9. The van der Waals surface area contributed by atoms with E-state index in [9.17, 15) is 9.59 Å². The molecule has 0 aromatic carbocycles. The first-order valence-corrected chi connectivity index (χ1v) is 4.76. The minimum atomic E-state index is -0.938. The summed E-state index contributed by atoms with van der Waals surface area (Å²) in [7, 11) is 0. The van der Waals surface area contributed by atoms with E-state index >= 15 is 0 Å². The van der Waals surface area contributed by atoms with E-state index in [1.807, 2.05) is 0 Å². The van der Waals surface area contributed by atoms with Crippen LogP contribution < -0.4 is 0 Å². The topological polar surface area (TPSA) is 52.6 Å².